The maximum absolute atomic E-state index is 14.3. The summed E-state index contributed by atoms with van der Waals surface area (Å²) < 4.78 is 28.5. The van der Waals surface area contributed by atoms with Crippen LogP contribution in [0.15, 0.2) is 24.4 Å². The number of Topliss-reactive ketones (excluding diaryl/α,β-unsaturated/α-hetero) is 1. The number of carbonyl (C=O) groups is 1. The Morgan fingerprint density at radius 3 is 2.67 bits per heavy atom. The number of aliphatic hydroxyl groups is 2. The number of aliphatic hydroxyl groups excluding tert-OH is 2. The van der Waals surface area contributed by atoms with Crippen LogP contribution in [0.4, 0.5) is 19.5 Å². The predicted octanol–water partition coefficient (Wildman–Crippen LogP) is 2.61. The molecule has 0 radical (unpaired) electrons. The number of benzene rings is 1. The third kappa shape index (κ3) is 4.26. The van der Waals surface area contributed by atoms with Crippen molar-refractivity contribution < 1.29 is 23.8 Å². The summed E-state index contributed by atoms with van der Waals surface area (Å²) in [5.74, 6) is -2.09. The second kappa shape index (κ2) is 9.47. The lowest BCUT2D eigenvalue weighted by atomic mass is 9.91. The molecule has 5 rings (SSSR count). The molecule has 1 unspecified atom stereocenters. The summed E-state index contributed by atoms with van der Waals surface area (Å²) in [6, 6.07) is 3.02. The molecule has 1 fully saturated rings. The lowest BCUT2D eigenvalue weighted by molar-refractivity contribution is 0.0783. The van der Waals surface area contributed by atoms with Crippen molar-refractivity contribution >= 4 is 27.8 Å². The number of anilines is 2. The first-order chi connectivity index (χ1) is 17.2. The van der Waals surface area contributed by atoms with Gasteiger partial charge < -0.3 is 26.6 Å². The Bertz CT molecular complexity index is 1300. The van der Waals surface area contributed by atoms with Crippen LogP contribution in [0, 0.1) is 17.6 Å². The molecule has 0 spiro atoms. The van der Waals surface area contributed by atoms with Gasteiger partial charge in [0.1, 0.15) is 27.3 Å². The number of rotatable bonds is 5. The van der Waals surface area contributed by atoms with E-state index in [1.165, 1.54) is 6.07 Å². The normalized spacial score (nSPS) is 23.7. The Labute approximate surface area is 210 Å². The third-order valence-electron chi connectivity index (χ3n) is 6.96. The zero-order valence-corrected chi connectivity index (χ0v) is 20.4. The first kappa shape index (κ1) is 24.7. The van der Waals surface area contributed by atoms with Gasteiger partial charge in [0, 0.05) is 54.5 Å². The molecule has 8 nitrogen and oxygen atoms in total. The minimum Gasteiger partial charge on any atom is -0.391 e. The second-order valence-electron chi connectivity index (χ2n) is 9.52. The average Bonchev–Trinajstić information content (AvgIpc) is 3.39. The molecular weight excluding hydrogens is 488 g/mol. The number of pyridine rings is 1. The fourth-order valence-corrected chi connectivity index (χ4v) is 6.07. The molecule has 1 aliphatic carbocycles. The Balaban J connectivity index is 1.50. The molecular formula is C25H27F2N5O3S. The van der Waals surface area contributed by atoms with E-state index in [1.54, 1.807) is 6.20 Å². The van der Waals surface area contributed by atoms with Crippen LogP contribution in [0.1, 0.15) is 46.8 Å². The van der Waals surface area contributed by atoms with E-state index < -0.39 is 35.7 Å². The number of nitrogens with two attached hydrogens (primary N) is 2. The summed E-state index contributed by atoms with van der Waals surface area (Å²) in [7, 11) is 0. The monoisotopic (exact) mass is 515 g/mol. The van der Waals surface area contributed by atoms with Crippen molar-refractivity contribution in [1.82, 2.24) is 9.97 Å². The van der Waals surface area contributed by atoms with Crippen LogP contribution in [-0.4, -0.2) is 51.2 Å². The number of hydrogen-bond donors (Lipinski definition) is 4. The van der Waals surface area contributed by atoms with Gasteiger partial charge >= 0.3 is 0 Å². The number of carbonyl (C=O) groups excluding carboxylic acids is 1. The topological polar surface area (TPSA) is 139 Å². The van der Waals surface area contributed by atoms with Crippen LogP contribution in [0.25, 0.3) is 10.6 Å². The Hall–Kier alpha value is -2.99. The number of hydrogen-bond acceptors (Lipinski definition) is 9. The van der Waals surface area contributed by atoms with Gasteiger partial charge in [-0.3, -0.25) is 9.78 Å². The van der Waals surface area contributed by atoms with Crippen molar-refractivity contribution in [3.63, 3.8) is 0 Å². The molecule has 0 bridgehead atoms. The van der Waals surface area contributed by atoms with Gasteiger partial charge in [-0.1, -0.05) is 24.3 Å². The van der Waals surface area contributed by atoms with E-state index in [-0.39, 0.29) is 33.6 Å². The summed E-state index contributed by atoms with van der Waals surface area (Å²) in [4.78, 5) is 24.0. The smallest absolute Gasteiger partial charge is 0.188 e. The maximum Gasteiger partial charge on any atom is 0.188 e. The molecule has 0 saturated carbocycles. The van der Waals surface area contributed by atoms with E-state index in [4.69, 9.17) is 11.5 Å². The largest absolute Gasteiger partial charge is 0.391 e. The Morgan fingerprint density at radius 1 is 1.25 bits per heavy atom. The Kier molecular flexibility index (Phi) is 6.50. The van der Waals surface area contributed by atoms with E-state index >= 15 is 0 Å². The number of halogens is 2. The summed E-state index contributed by atoms with van der Waals surface area (Å²) >= 11 is 0.851. The highest BCUT2D eigenvalue weighted by Gasteiger charge is 2.36. The zero-order valence-electron chi connectivity index (χ0n) is 19.6. The van der Waals surface area contributed by atoms with Gasteiger partial charge in [-0.15, -0.1) is 0 Å². The highest BCUT2D eigenvalue weighted by molar-refractivity contribution is 7.19. The molecule has 1 aliphatic heterocycles. The zero-order chi connectivity index (χ0) is 25.7. The van der Waals surface area contributed by atoms with E-state index in [2.05, 4.69) is 9.97 Å². The number of aromatic nitrogens is 2. The van der Waals surface area contributed by atoms with Gasteiger partial charge in [-0.2, -0.15) is 0 Å². The van der Waals surface area contributed by atoms with Gasteiger partial charge in [0.25, 0.3) is 0 Å². The minimum atomic E-state index is -0.788. The molecule has 3 heterocycles. The van der Waals surface area contributed by atoms with Gasteiger partial charge in [0.15, 0.2) is 5.78 Å². The summed E-state index contributed by atoms with van der Waals surface area (Å²) in [6.07, 6.45) is 1.28. The molecule has 1 aromatic carbocycles. The number of piperidine rings is 1. The highest BCUT2D eigenvalue weighted by Crippen LogP contribution is 2.40. The molecule has 4 atom stereocenters. The van der Waals surface area contributed by atoms with E-state index in [0.29, 0.717) is 37.2 Å². The van der Waals surface area contributed by atoms with Crippen molar-refractivity contribution in [2.24, 2.45) is 11.7 Å². The number of nitrogen functional groups attached to an aromatic ring is 1. The SMILES string of the molecule is C[C@H]1CN(c2c(CC(=O)c3nc(-c4c(F)cccc4F)sc3N)cnc3c2CCC3O)C[C@@H](N)[C@@H]1O. The third-order valence-corrected chi connectivity index (χ3v) is 7.87. The van der Waals surface area contributed by atoms with Crippen LogP contribution in [-0.2, 0) is 12.8 Å². The van der Waals surface area contributed by atoms with Crippen molar-refractivity contribution in [2.45, 2.75) is 44.4 Å². The van der Waals surface area contributed by atoms with Crippen molar-refractivity contribution in [3.8, 4) is 10.6 Å². The van der Waals surface area contributed by atoms with E-state index in [0.717, 1.165) is 34.7 Å². The van der Waals surface area contributed by atoms with Gasteiger partial charge in [-0.25, -0.2) is 13.8 Å². The standard InChI is InChI=1S/C25H27F2N5O3S/c1-11-9-32(10-16(28)23(11)35)22-12(8-30-20-13(22)5-6-17(20)33)7-18(34)21-24(29)36-25(31-21)19-14(26)3-2-4-15(19)27/h2-4,8,11,16-17,23,33,35H,5-7,9-10,28-29H2,1H3/t11-,16+,17?,23+/m0/s1. The predicted molar refractivity (Wildman–Crippen MR) is 133 cm³/mol. The summed E-state index contributed by atoms with van der Waals surface area (Å²) in [6.45, 7) is 2.82. The fourth-order valence-electron chi connectivity index (χ4n) is 5.17. The van der Waals surface area contributed by atoms with Gasteiger partial charge in [0.2, 0.25) is 0 Å². The second-order valence-corrected chi connectivity index (χ2v) is 10.5. The molecule has 1 saturated heterocycles. The number of nitrogens with zero attached hydrogens (tertiary/aromatic N) is 3. The summed E-state index contributed by atoms with van der Waals surface area (Å²) in [5.41, 5.74) is 14.7. The Morgan fingerprint density at radius 2 is 1.97 bits per heavy atom. The van der Waals surface area contributed by atoms with Gasteiger partial charge in [-0.05, 0) is 25.0 Å². The van der Waals surface area contributed by atoms with E-state index in [1.807, 2.05) is 11.8 Å². The average molecular weight is 516 g/mol. The van der Waals surface area contributed by atoms with Crippen LogP contribution >= 0.6 is 11.3 Å². The number of ketones is 1. The lowest BCUT2D eigenvalue weighted by Gasteiger charge is -2.41. The quantitative estimate of drug-likeness (QED) is 0.381. The minimum absolute atomic E-state index is 0.00769. The fraction of sp³-hybridized carbons (Fsp3) is 0.400. The molecule has 36 heavy (non-hydrogen) atoms. The van der Waals surface area contributed by atoms with Gasteiger partial charge in [0.05, 0.1) is 23.5 Å². The van der Waals surface area contributed by atoms with Crippen LogP contribution < -0.4 is 16.4 Å². The van der Waals surface area contributed by atoms with Crippen LogP contribution in [0.3, 0.4) is 0 Å². The molecule has 190 valence electrons. The highest BCUT2D eigenvalue weighted by atomic mass is 32.1. The molecule has 0 amide bonds. The molecule has 11 heteroatoms. The van der Waals surface area contributed by atoms with Crippen molar-refractivity contribution in [3.05, 3.63) is 58.5 Å². The molecule has 2 aromatic heterocycles. The van der Waals surface area contributed by atoms with Crippen LogP contribution in [0.5, 0.6) is 0 Å². The van der Waals surface area contributed by atoms with Crippen LogP contribution in [0.2, 0.25) is 0 Å². The first-order valence-electron chi connectivity index (χ1n) is 11.8. The molecule has 2 aliphatic rings. The van der Waals surface area contributed by atoms with Crippen molar-refractivity contribution in [1.29, 1.82) is 0 Å². The first-order valence-corrected chi connectivity index (χ1v) is 12.6. The lowest BCUT2D eigenvalue weighted by Crippen LogP contribution is -2.56. The molecule has 3 aromatic rings. The summed E-state index contributed by atoms with van der Waals surface area (Å²) in [5, 5.41) is 20.8. The maximum atomic E-state index is 14.3. The van der Waals surface area contributed by atoms with Crippen molar-refractivity contribution in [2.75, 3.05) is 23.7 Å². The molecule has 6 N–H and O–H groups in total. The number of fused-ring (bicyclic) bond motifs is 1. The number of thiazole rings is 1. The van der Waals surface area contributed by atoms with E-state index in [9.17, 15) is 23.8 Å².